The van der Waals surface area contributed by atoms with Crippen molar-refractivity contribution in [2.24, 2.45) is 0 Å². The molecule has 0 saturated heterocycles. The molecule has 0 aliphatic carbocycles. The Morgan fingerprint density at radius 3 is 2.52 bits per heavy atom. The van der Waals surface area contributed by atoms with E-state index in [9.17, 15) is 8.42 Å². The van der Waals surface area contributed by atoms with Crippen LogP contribution in [-0.4, -0.2) is 18.2 Å². The molecule has 1 N–H and O–H groups in total. The molecule has 0 aliphatic heterocycles. The molecule has 0 aliphatic rings. The number of hydrogen-bond donors (Lipinski definition) is 1. The lowest BCUT2D eigenvalue weighted by Gasteiger charge is -2.09. The van der Waals surface area contributed by atoms with E-state index >= 15 is 0 Å². The first kappa shape index (κ1) is 17.8. The lowest BCUT2D eigenvalue weighted by atomic mass is 10.2. The molecule has 0 bridgehead atoms. The van der Waals surface area contributed by atoms with E-state index in [-0.39, 0.29) is 20.6 Å². The molecule has 0 radical (unpaired) electrons. The van der Waals surface area contributed by atoms with Gasteiger partial charge in [-0.15, -0.1) is 0 Å². The lowest BCUT2D eigenvalue weighted by molar-refractivity contribution is 0.600. The zero-order valence-electron chi connectivity index (χ0n) is 13.3. The van der Waals surface area contributed by atoms with Crippen molar-refractivity contribution in [1.82, 2.24) is 9.78 Å². The fourth-order valence-corrected chi connectivity index (χ4v) is 4.06. The maximum absolute atomic E-state index is 12.7. The summed E-state index contributed by atoms with van der Waals surface area (Å²) >= 11 is 12.0. The van der Waals surface area contributed by atoms with E-state index in [1.807, 2.05) is 30.3 Å². The number of nitrogens with zero attached hydrogens (tertiary/aromatic N) is 2. The summed E-state index contributed by atoms with van der Waals surface area (Å²) in [6.07, 6.45) is 1.50. The van der Waals surface area contributed by atoms with Crippen LogP contribution in [0.4, 0.5) is 5.69 Å². The van der Waals surface area contributed by atoms with Gasteiger partial charge in [0.2, 0.25) is 0 Å². The smallest absolute Gasteiger partial charge is 0.265 e. The van der Waals surface area contributed by atoms with E-state index in [0.717, 1.165) is 5.56 Å². The largest absolute Gasteiger partial charge is 0.278 e. The number of aryl methyl sites for hydroxylation is 1. The molecule has 8 heteroatoms. The molecule has 3 rings (SSSR count). The minimum absolute atomic E-state index is 0.0967. The van der Waals surface area contributed by atoms with Gasteiger partial charge in [-0.05, 0) is 24.6 Å². The van der Waals surface area contributed by atoms with Crippen LogP contribution in [0, 0.1) is 6.92 Å². The van der Waals surface area contributed by atoms with E-state index in [1.54, 1.807) is 29.8 Å². The first-order valence-corrected chi connectivity index (χ1v) is 9.65. The molecule has 0 atom stereocenters. The van der Waals surface area contributed by atoms with Crippen LogP contribution in [0.1, 0.15) is 11.3 Å². The van der Waals surface area contributed by atoms with Gasteiger partial charge in [-0.1, -0.05) is 59.6 Å². The van der Waals surface area contributed by atoms with Crippen molar-refractivity contribution in [2.45, 2.75) is 18.4 Å². The summed E-state index contributed by atoms with van der Waals surface area (Å²) in [6, 6.07) is 14.4. The van der Waals surface area contributed by atoms with Gasteiger partial charge in [0.05, 0.1) is 28.0 Å². The summed E-state index contributed by atoms with van der Waals surface area (Å²) in [5.74, 6) is 0. The van der Waals surface area contributed by atoms with E-state index in [1.165, 1.54) is 6.20 Å². The molecule has 1 heterocycles. The molecule has 3 aromatic rings. The van der Waals surface area contributed by atoms with Crippen LogP contribution < -0.4 is 4.72 Å². The second kappa shape index (κ2) is 7.07. The van der Waals surface area contributed by atoms with Crippen molar-refractivity contribution in [2.75, 3.05) is 4.72 Å². The summed E-state index contributed by atoms with van der Waals surface area (Å²) in [7, 11) is -3.83. The topological polar surface area (TPSA) is 64.0 Å². The lowest BCUT2D eigenvalue weighted by Crippen LogP contribution is -2.13. The SMILES string of the molecule is Cc1nn(Cc2ccccc2)cc1S(=O)(=O)Nc1cccc(Cl)c1Cl. The van der Waals surface area contributed by atoms with E-state index in [4.69, 9.17) is 23.2 Å². The highest BCUT2D eigenvalue weighted by Gasteiger charge is 2.22. The number of halogens is 2. The Morgan fingerprint density at radius 2 is 1.80 bits per heavy atom. The molecule has 25 heavy (non-hydrogen) atoms. The van der Waals surface area contributed by atoms with Gasteiger partial charge in [0.1, 0.15) is 4.90 Å². The van der Waals surface area contributed by atoms with Crippen molar-refractivity contribution < 1.29 is 8.42 Å². The normalized spacial score (nSPS) is 11.5. The molecular weight excluding hydrogens is 381 g/mol. The number of aromatic nitrogens is 2. The predicted octanol–water partition coefficient (Wildman–Crippen LogP) is 4.35. The number of benzene rings is 2. The van der Waals surface area contributed by atoms with Gasteiger partial charge in [0.15, 0.2) is 0 Å². The molecule has 1 aromatic heterocycles. The Bertz CT molecular complexity index is 1000. The molecule has 5 nitrogen and oxygen atoms in total. The van der Waals surface area contributed by atoms with Gasteiger partial charge in [0.25, 0.3) is 10.0 Å². The Balaban J connectivity index is 1.89. The van der Waals surface area contributed by atoms with Crippen molar-refractivity contribution in [3.63, 3.8) is 0 Å². The first-order valence-electron chi connectivity index (χ1n) is 7.41. The van der Waals surface area contributed by atoms with Crippen LogP contribution in [0.3, 0.4) is 0 Å². The number of anilines is 1. The molecule has 0 spiro atoms. The fraction of sp³-hybridized carbons (Fsp3) is 0.118. The molecular formula is C17H15Cl2N3O2S. The summed E-state index contributed by atoms with van der Waals surface area (Å²) < 4.78 is 29.4. The Kier molecular flexibility index (Phi) is 5.03. The summed E-state index contributed by atoms with van der Waals surface area (Å²) in [5, 5.41) is 4.72. The molecule has 0 saturated carbocycles. The summed E-state index contributed by atoms with van der Waals surface area (Å²) in [4.78, 5) is 0.0967. The fourth-order valence-electron chi connectivity index (χ4n) is 2.40. The van der Waals surface area contributed by atoms with Crippen LogP contribution in [0.25, 0.3) is 0 Å². The molecule has 2 aromatic carbocycles. The van der Waals surface area contributed by atoms with Gasteiger partial charge in [-0.3, -0.25) is 9.40 Å². The second-order valence-electron chi connectivity index (χ2n) is 5.47. The number of rotatable bonds is 5. The zero-order chi connectivity index (χ0) is 18.0. The zero-order valence-corrected chi connectivity index (χ0v) is 15.6. The number of hydrogen-bond acceptors (Lipinski definition) is 3. The van der Waals surface area contributed by atoms with Gasteiger partial charge in [-0.25, -0.2) is 8.42 Å². The third-order valence-electron chi connectivity index (χ3n) is 3.57. The average Bonchev–Trinajstić information content (AvgIpc) is 2.94. The van der Waals surface area contributed by atoms with Gasteiger partial charge >= 0.3 is 0 Å². The molecule has 0 fully saturated rings. The van der Waals surface area contributed by atoms with Crippen LogP contribution in [0.5, 0.6) is 0 Å². The quantitative estimate of drug-likeness (QED) is 0.698. The van der Waals surface area contributed by atoms with Gasteiger partial charge in [-0.2, -0.15) is 5.10 Å². The Hall–Kier alpha value is -2.02. The van der Waals surface area contributed by atoms with Crippen LogP contribution in [-0.2, 0) is 16.6 Å². The Labute approximate surface area is 156 Å². The van der Waals surface area contributed by atoms with Crippen LogP contribution in [0.2, 0.25) is 10.0 Å². The van der Waals surface area contributed by atoms with Gasteiger partial charge in [0, 0.05) is 6.20 Å². The highest BCUT2D eigenvalue weighted by Crippen LogP contribution is 2.31. The molecule has 0 amide bonds. The highest BCUT2D eigenvalue weighted by atomic mass is 35.5. The van der Waals surface area contributed by atoms with Crippen molar-refractivity contribution in [3.8, 4) is 0 Å². The monoisotopic (exact) mass is 395 g/mol. The maximum atomic E-state index is 12.7. The van der Waals surface area contributed by atoms with Gasteiger partial charge < -0.3 is 0 Å². The maximum Gasteiger partial charge on any atom is 0.265 e. The summed E-state index contributed by atoms with van der Waals surface area (Å²) in [5.41, 5.74) is 1.66. The Morgan fingerprint density at radius 1 is 1.08 bits per heavy atom. The van der Waals surface area contributed by atoms with E-state index in [0.29, 0.717) is 12.2 Å². The van der Waals surface area contributed by atoms with E-state index in [2.05, 4.69) is 9.82 Å². The standard InChI is InChI=1S/C17H15Cl2N3O2S/c1-12-16(11-22(20-12)10-13-6-3-2-4-7-13)25(23,24)21-15-9-5-8-14(18)17(15)19/h2-9,11,21H,10H2,1H3. The third kappa shape index (κ3) is 3.98. The summed E-state index contributed by atoms with van der Waals surface area (Å²) in [6.45, 7) is 2.13. The molecule has 0 unspecified atom stereocenters. The predicted molar refractivity (Wildman–Crippen MR) is 99.8 cm³/mol. The van der Waals surface area contributed by atoms with Crippen molar-refractivity contribution >= 4 is 38.9 Å². The minimum Gasteiger partial charge on any atom is -0.278 e. The van der Waals surface area contributed by atoms with Crippen LogP contribution >= 0.6 is 23.2 Å². The van der Waals surface area contributed by atoms with Crippen LogP contribution in [0.15, 0.2) is 59.6 Å². The number of nitrogens with one attached hydrogen (secondary N) is 1. The third-order valence-corrected chi connectivity index (χ3v) is 5.86. The van der Waals surface area contributed by atoms with Crippen molar-refractivity contribution in [1.29, 1.82) is 0 Å². The number of sulfonamides is 1. The minimum atomic E-state index is -3.83. The second-order valence-corrected chi connectivity index (χ2v) is 7.90. The molecule has 130 valence electrons. The highest BCUT2D eigenvalue weighted by molar-refractivity contribution is 7.92. The first-order chi connectivity index (χ1) is 11.9. The van der Waals surface area contributed by atoms with E-state index < -0.39 is 10.0 Å². The average molecular weight is 396 g/mol. The van der Waals surface area contributed by atoms with Crippen molar-refractivity contribution in [3.05, 3.63) is 76.0 Å².